The SMILES string of the molecule is O=C(/C=C/Nc1ccccc1O)c1cccc(NC(=S)Nc2ccc(S(=O)(=O)Nc3ccccn3)cc2)c1. The number of anilines is 4. The van der Waals surface area contributed by atoms with E-state index in [2.05, 4.69) is 25.7 Å². The van der Waals surface area contributed by atoms with E-state index >= 15 is 0 Å². The molecule has 38 heavy (non-hydrogen) atoms. The molecule has 4 rings (SSSR count). The minimum absolute atomic E-state index is 0.0730. The van der Waals surface area contributed by atoms with Crippen LogP contribution in [0.5, 0.6) is 5.75 Å². The zero-order valence-corrected chi connectivity index (χ0v) is 21.5. The molecule has 4 aromatic rings. The van der Waals surface area contributed by atoms with Gasteiger partial charge < -0.3 is 21.1 Å². The van der Waals surface area contributed by atoms with Crippen LogP contribution in [0.2, 0.25) is 0 Å². The number of hydrogen-bond acceptors (Lipinski definition) is 7. The number of phenolic OH excluding ortho intramolecular Hbond substituents is 1. The molecule has 192 valence electrons. The van der Waals surface area contributed by atoms with Gasteiger partial charge in [0, 0.05) is 35.4 Å². The maximum Gasteiger partial charge on any atom is 0.263 e. The van der Waals surface area contributed by atoms with Crippen molar-refractivity contribution < 1.29 is 18.3 Å². The number of para-hydroxylation sites is 2. The van der Waals surface area contributed by atoms with Crippen LogP contribution in [0.15, 0.2) is 114 Å². The van der Waals surface area contributed by atoms with Gasteiger partial charge in [-0.3, -0.25) is 9.52 Å². The van der Waals surface area contributed by atoms with Crippen molar-refractivity contribution in [2.45, 2.75) is 4.90 Å². The van der Waals surface area contributed by atoms with Gasteiger partial charge in [0.1, 0.15) is 11.6 Å². The zero-order chi connectivity index (χ0) is 27.0. The molecule has 0 saturated heterocycles. The molecule has 0 unspecified atom stereocenters. The Morgan fingerprint density at radius 2 is 1.61 bits per heavy atom. The van der Waals surface area contributed by atoms with Gasteiger partial charge in [-0.15, -0.1) is 0 Å². The fourth-order valence-electron chi connectivity index (χ4n) is 3.28. The van der Waals surface area contributed by atoms with E-state index in [-0.39, 0.29) is 27.4 Å². The summed E-state index contributed by atoms with van der Waals surface area (Å²) in [4.78, 5) is 16.6. The topological polar surface area (TPSA) is 132 Å². The smallest absolute Gasteiger partial charge is 0.263 e. The van der Waals surface area contributed by atoms with Crippen LogP contribution in [-0.2, 0) is 10.0 Å². The van der Waals surface area contributed by atoms with Crippen molar-refractivity contribution >= 4 is 56.0 Å². The summed E-state index contributed by atoms with van der Waals surface area (Å²) in [6.07, 6.45) is 4.32. The highest BCUT2D eigenvalue weighted by molar-refractivity contribution is 7.92. The van der Waals surface area contributed by atoms with Crippen LogP contribution in [0.4, 0.5) is 22.9 Å². The molecule has 0 bridgehead atoms. The number of allylic oxidation sites excluding steroid dienone is 1. The maximum absolute atomic E-state index is 12.6. The lowest BCUT2D eigenvalue weighted by atomic mass is 10.1. The molecule has 0 aliphatic rings. The van der Waals surface area contributed by atoms with Gasteiger partial charge in [0.05, 0.1) is 10.6 Å². The molecule has 0 aliphatic heterocycles. The molecule has 1 aromatic heterocycles. The first-order valence-corrected chi connectivity index (χ1v) is 13.2. The number of aromatic hydroxyl groups is 1. The summed E-state index contributed by atoms with van der Waals surface area (Å²) >= 11 is 5.36. The van der Waals surface area contributed by atoms with Gasteiger partial charge in [-0.05, 0) is 72.9 Å². The quantitative estimate of drug-likeness (QED) is 0.0832. The van der Waals surface area contributed by atoms with Crippen LogP contribution in [0.1, 0.15) is 10.4 Å². The van der Waals surface area contributed by atoms with Gasteiger partial charge in [0.25, 0.3) is 10.0 Å². The van der Waals surface area contributed by atoms with E-state index in [0.717, 1.165) is 0 Å². The molecule has 1 heterocycles. The molecule has 11 heteroatoms. The Balaban J connectivity index is 1.34. The third-order valence-corrected chi connectivity index (χ3v) is 6.68. The van der Waals surface area contributed by atoms with Gasteiger partial charge in [0.15, 0.2) is 10.9 Å². The number of nitrogens with one attached hydrogen (secondary N) is 4. The fourth-order valence-corrected chi connectivity index (χ4v) is 4.52. The van der Waals surface area contributed by atoms with E-state index < -0.39 is 10.0 Å². The van der Waals surface area contributed by atoms with Crippen LogP contribution in [-0.4, -0.2) is 29.4 Å². The third-order valence-electron chi connectivity index (χ3n) is 5.11. The molecule has 0 radical (unpaired) electrons. The summed E-state index contributed by atoms with van der Waals surface area (Å²) in [6.45, 7) is 0. The number of phenols is 1. The molecule has 0 aliphatic carbocycles. The first-order valence-electron chi connectivity index (χ1n) is 11.3. The lowest BCUT2D eigenvalue weighted by molar-refractivity contribution is 0.104. The Bertz CT molecular complexity index is 1570. The predicted molar refractivity (Wildman–Crippen MR) is 153 cm³/mol. The fraction of sp³-hybridized carbons (Fsp3) is 0. The van der Waals surface area contributed by atoms with E-state index in [9.17, 15) is 18.3 Å². The highest BCUT2D eigenvalue weighted by Crippen LogP contribution is 2.21. The van der Waals surface area contributed by atoms with Crippen molar-refractivity contribution in [3.05, 3.63) is 115 Å². The number of rotatable bonds is 9. The van der Waals surface area contributed by atoms with Crippen LogP contribution < -0.4 is 20.7 Å². The zero-order valence-electron chi connectivity index (χ0n) is 19.8. The molecular weight excluding hydrogens is 522 g/mol. The molecule has 9 nitrogen and oxygen atoms in total. The molecule has 0 amide bonds. The minimum atomic E-state index is -3.79. The first kappa shape index (κ1) is 26.3. The van der Waals surface area contributed by atoms with Crippen LogP contribution in [0.25, 0.3) is 0 Å². The lowest BCUT2D eigenvalue weighted by Gasteiger charge is -2.12. The summed E-state index contributed by atoms with van der Waals surface area (Å²) in [7, 11) is -3.79. The average molecular weight is 546 g/mol. The molecule has 0 fully saturated rings. The Kier molecular flexibility index (Phi) is 8.31. The number of pyridine rings is 1. The number of aromatic nitrogens is 1. The van der Waals surface area contributed by atoms with E-state index in [0.29, 0.717) is 22.6 Å². The van der Waals surface area contributed by atoms with Crippen LogP contribution in [0, 0.1) is 0 Å². The maximum atomic E-state index is 12.6. The van der Waals surface area contributed by atoms with E-state index in [1.54, 1.807) is 78.9 Å². The van der Waals surface area contributed by atoms with E-state index in [1.807, 2.05) is 0 Å². The highest BCUT2D eigenvalue weighted by Gasteiger charge is 2.14. The lowest BCUT2D eigenvalue weighted by Crippen LogP contribution is -2.19. The summed E-state index contributed by atoms with van der Waals surface area (Å²) in [5.41, 5.74) is 2.08. The molecular formula is C27H23N5O4S2. The Labute approximate surface area is 225 Å². The van der Waals surface area contributed by atoms with Crippen LogP contribution in [0.3, 0.4) is 0 Å². The van der Waals surface area contributed by atoms with Crippen molar-refractivity contribution in [2.24, 2.45) is 0 Å². The molecule has 0 atom stereocenters. The summed E-state index contributed by atoms with van der Waals surface area (Å²) in [6, 6.07) is 24.5. The third kappa shape index (κ3) is 7.15. The van der Waals surface area contributed by atoms with Gasteiger partial charge in [-0.2, -0.15) is 0 Å². The molecule has 0 saturated carbocycles. The predicted octanol–water partition coefficient (Wildman–Crippen LogP) is 5.21. The number of sulfonamides is 1. The van der Waals surface area contributed by atoms with Crippen molar-refractivity contribution in [3.63, 3.8) is 0 Å². The highest BCUT2D eigenvalue weighted by atomic mass is 32.2. The summed E-state index contributed by atoms with van der Waals surface area (Å²) in [5, 5.41) is 18.9. The largest absolute Gasteiger partial charge is 0.506 e. The second-order valence-corrected chi connectivity index (χ2v) is 9.95. The Hall–Kier alpha value is -4.74. The molecule has 5 N–H and O–H groups in total. The standard InChI is InChI=1S/C27H23N5O4S2/c33-24(15-17-28-23-8-1-2-9-25(23)34)19-6-5-7-21(18-19)31-27(37)30-20-11-13-22(14-12-20)38(35,36)32-26-10-3-4-16-29-26/h1-18,28,34H,(H,29,32)(H2,30,31,37)/b17-15+. The number of carbonyl (C=O) groups excluding carboxylic acids is 1. The number of nitrogens with zero attached hydrogens (tertiary/aromatic N) is 1. The van der Waals surface area contributed by atoms with Crippen molar-refractivity contribution in [1.82, 2.24) is 4.98 Å². The normalized spacial score (nSPS) is 11.1. The molecule has 0 spiro atoms. The minimum Gasteiger partial charge on any atom is -0.506 e. The van der Waals surface area contributed by atoms with Gasteiger partial charge in [-0.25, -0.2) is 13.4 Å². The molecule has 3 aromatic carbocycles. The monoisotopic (exact) mass is 545 g/mol. The number of carbonyl (C=O) groups is 1. The van der Waals surface area contributed by atoms with Gasteiger partial charge >= 0.3 is 0 Å². The number of hydrogen-bond donors (Lipinski definition) is 5. The second kappa shape index (κ2) is 12.0. The Morgan fingerprint density at radius 1 is 0.868 bits per heavy atom. The van der Waals surface area contributed by atoms with Crippen LogP contribution >= 0.6 is 12.2 Å². The van der Waals surface area contributed by atoms with Crippen molar-refractivity contribution in [2.75, 3.05) is 20.7 Å². The van der Waals surface area contributed by atoms with Gasteiger partial charge in [-0.1, -0.05) is 30.3 Å². The van der Waals surface area contributed by atoms with Crippen molar-refractivity contribution in [1.29, 1.82) is 0 Å². The number of thiocarbonyl (C=S) groups is 1. The number of benzene rings is 3. The number of ketones is 1. The van der Waals surface area contributed by atoms with E-state index in [4.69, 9.17) is 12.2 Å². The first-order chi connectivity index (χ1) is 18.3. The van der Waals surface area contributed by atoms with E-state index in [1.165, 1.54) is 30.6 Å². The Morgan fingerprint density at radius 3 is 2.34 bits per heavy atom. The average Bonchev–Trinajstić information content (AvgIpc) is 2.90. The summed E-state index contributed by atoms with van der Waals surface area (Å²) in [5.74, 6) is 0.0591. The van der Waals surface area contributed by atoms with Crippen molar-refractivity contribution in [3.8, 4) is 5.75 Å². The summed E-state index contributed by atoms with van der Waals surface area (Å²) < 4.78 is 27.5. The second-order valence-electron chi connectivity index (χ2n) is 7.86. The van der Waals surface area contributed by atoms with Gasteiger partial charge in [0.2, 0.25) is 0 Å².